The summed E-state index contributed by atoms with van der Waals surface area (Å²) < 4.78 is 10.3. The van der Waals surface area contributed by atoms with Crippen molar-refractivity contribution in [3.8, 4) is 5.75 Å². The number of hydroxylamine groups is 1. The number of carbonyl (C=O) groups excluding carboxylic acids is 4. The Morgan fingerprint density at radius 3 is 2.44 bits per heavy atom. The molecule has 1 aromatic heterocycles. The highest BCUT2D eigenvalue weighted by atomic mass is 35.5. The molecule has 12 nitrogen and oxygen atoms in total. The second-order valence-electron chi connectivity index (χ2n) is 7.90. The molecule has 2 atom stereocenters. The molecular weight excluding hydrogens is 517 g/mol. The van der Waals surface area contributed by atoms with E-state index in [1.807, 2.05) is 0 Å². The molecule has 5 N–H and O–H groups in total. The molecule has 2 heterocycles. The number of amides is 4. The lowest BCUT2D eigenvalue weighted by molar-refractivity contribution is -0.145. The van der Waals surface area contributed by atoms with Crippen molar-refractivity contribution in [2.75, 3.05) is 13.2 Å². The Labute approximate surface area is 215 Å². The molecule has 1 saturated heterocycles. The van der Waals surface area contributed by atoms with Gasteiger partial charge in [-0.1, -0.05) is 35.3 Å². The molecule has 192 valence electrons. The highest BCUT2D eigenvalue weighted by molar-refractivity contribution is 6.32. The molecule has 14 heteroatoms. The van der Waals surface area contributed by atoms with Crippen LogP contribution in [0.15, 0.2) is 36.4 Å². The lowest BCUT2D eigenvalue weighted by Gasteiger charge is -2.31. The first-order valence-electron chi connectivity index (χ1n) is 10.6. The van der Waals surface area contributed by atoms with Gasteiger partial charge in [-0.25, -0.2) is 15.3 Å². The molecule has 36 heavy (non-hydrogen) atoms. The minimum Gasteiger partial charge on any atom is -0.489 e. The molecule has 1 aliphatic heterocycles. The Morgan fingerprint density at radius 1 is 1.22 bits per heavy atom. The van der Waals surface area contributed by atoms with Crippen LogP contribution in [0.3, 0.4) is 0 Å². The van der Waals surface area contributed by atoms with E-state index in [2.05, 4.69) is 15.0 Å². The standard InChI is InChI=1S/C22H23Cl2N5O7/c1-12(19(31)28-34)29-7-6-22(20(29)32,27-18(30)11-36-21(25)33)14-2-4-15(5-3-14)35-10-13-8-16(23)26-17(24)9-13/h2-5,8-9,12,34H,6-7,10-11H2,1H3,(H2,25,33)(H,27,30)(H,28,31). The first-order chi connectivity index (χ1) is 17.1. The van der Waals surface area contributed by atoms with Gasteiger partial charge in [0.05, 0.1) is 0 Å². The van der Waals surface area contributed by atoms with E-state index in [9.17, 15) is 19.2 Å². The largest absolute Gasteiger partial charge is 0.489 e. The summed E-state index contributed by atoms with van der Waals surface area (Å²) in [5.74, 6) is -1.69. The second-order valence-corrected chi connectivity index (χ2v) is 8.67. The number of rotatable bonds is 9. The maximum absolute atomic E-state index is 13.5. The fourth-order valence-electron chi connectivity index (χ4n) is 3.81. The van der Waals surface area contributed by atoms with Crippen molar-refractivity contribution in [1.82, 2.24) is 20.7 Å². The number of nitrogens with zero attached hydrogens (tertiary/aromatic N) is 2. The molecule has 2 unspecified atom stereocenters. The van der Waals surface area contributed by atoms with Gasteiger partial charge in [-0.3, -0.25) is 19.6 Å². The van der Waals surface area contributed by atoms with Gasteiger partial charge in [-0.2, -0.15) is 0 Å². The van der Waals surface area contributed by atoms with Crippen LogP contribution in [0.5, 0.6) is 5.75 Å². The number of likely N-dealkylation sites (tertiary alicyclic amines) is 1. The number of benzene rings is 1. The molecule has 1 aliphatic rings. The van der Waals surface area contributed by atoms with Gasteiger partial charge in [0, 0.05) is 13.0 Å². The summed E-state index contributed by atoms with van der Waals surface area (Å²) in [5.41, 5.74) is 5.97. The van der Waals surface area contributed by atoms with Gasteiger partial charge >= 0.3 is 6.09 Å². The third kappa shape index (κ3) is 6.14. The first-order valence-corrected chi connectivity index (χ1v) is 11.3. The molecule has 4 amide bonds. The molecule has 2 aromatic rings. The van der Waals surface area contributed by atoms with Crippen LogP contribution in [-0.4, -0.2) is 58.1 Å². The quantitative estimate of drug-likeness (QED) is 0.210. The fourth-order valence-corrected chi connectivity index (χ4v) is 4.32. The fraction of sp³-hybridized carbons (Fsp3) is 0.318. The maximum Gasteiger partial charge on any atom is 0.405 e. The van der Waals surface area contributed by atoms with E-state index in [1.54, 1.807) is 36.4 Å². The maximum atomic E-state index is 13.5. The highest BCUT2D eigenvalue weighted by Gasteiger charge is 2.51. The molecule has 0 bridgehead atoms. The van der Waals surface area contributed by atoms with Crippen LogP contribution >= 0.6 is 23.2 Å². The molecule has 0 saturated carbocycles. The Bertz CT molecular complexity index is 1140. The van der Waals surface area contributed by atoms with Crippen LogP contribution in [0, 0.1) is 0 Å². The number of ether oxygens (including phenoxy) is 2. The third-order valence-electron chi connectivity index (χ3n) is 5.58. The molecule has 0 radical (unpaired) electrons. The summed E-state index contributed by atoms with van der Waals surface area (Å²) in [6.45, 7) is 0.988. The van der Waals surface area contributed by atoms with Crippen molar-refractivity contribution in [1.29, 1.82) is 0 Å². The van der Waals surface area contributed by atoms with Crippen molar-refractivity contribution in [2.24, 2.45) is 5.73 Å². The summed E-state index contributed by atoms with van der Waals surface area (Å²) in [4.78, 5) is 53.9. The molecule has 1 aromatic carbocycles. The monoisotopic (exact) mass is 539 g/mol. The lowest BCUT2D eigenvalue weighted by Crippen LogP contribution is -2.55. The van der Waals surface area contributed by atoms with E-state index in [0.717, 1.165) is 0 Å². The van der Waals surface area contributed by atoms with E-state index in [-0.39, 0.29) is 29.9 Å². The number of aromatic nitrogens is 1. The van der Waals surface area contributed by atoms with Crippen LogP contribution < -0.4 is 21.3 Å². The normalized spacial score (nSPS) is 17.9. The summed E-state index contributed by atoms with van der Waals surface area (Å²) in [5, 5.41) is 12.0. The van der Waals surface area contributed by atoms with Gasteiger partial charge in [-0.15, -0.1) is 0 Å². The predicted molar refractivity (Wildman–Crippen MR) is 126 cm³/mol. The predicted octanol–water partition coefficient (Wildman–Crippen LogP) is 1.50. The average molecular weight is 540 g/mol. The van der Waals surface area contributed by atoms with Gasteiger partial charge in [0.2, 0.25) is 0 Å². The van der Waals surface area contributed by atoms with Crippen LogP contribution in [0.25, 0.3) is 0 Å². The molecule has 3 rings (SSSR count). The zero-order valence-electron chi connectivity index (χ0n) is 19.0. The number of halogens is 2. The summed E-state index contributed by atoms with van der Waals surface area (Å²) in [6.07, 6.45) is -1.05. The van der Waals surface area contributed by atoms with E-state index >= 15 is 0 Å². The third-order valence-corrected chi connectivity index (χ3v) is 5.97. The van der Waals surface area contributed by atoms with Gasteiger partial charge in [0.25, 0.3) is 17.7 Å². The topological polar surface area (TPSA) is 173 Å². The minimum absolute atomic E-state index is 0.103. The van der Waals surface area contributed by atoms with E-state index in [4.69, 9.17) is 38.9 Å². The number of pyridine rings is 1. The number of hydrogen-bond donors (Lipinski definition) is 4. The Balaban J connectivity index is 1.83. The Kier molecular flexibility index (Phi) is 8.56. The number of nitrogens with one attached hydrogen (secondary N) is 2. The zero-order valence-corrected chi connectivity index (χ0v) is 20.5. The average Bonchev–Trinajstić information content (AvgIpc) is 3.16. The van der Waals surface area contributed by atoms with E-state index < -0.39 is 42.0 Å². The van der Waals surface area contributed by atoms with Crippen molar-refractivity contribution >= 4 is 47.0 Å². The van der Waals surface area contributed by atoms with Crippen molar-refractivity contribution < 1.29 is 33.9 Å². The van der Waals surface area contributed by atoms with Crippen molar-refractivity contribution in [3.05, 3.63) is 57.8 Å². The zero-order chi connectivity index (χ0) is 26.5. The van der Waals surface area contributed by atoms with Crippen molar-refractivity contribution in [2.45, 2.75) is 31.5 Å². The SMILES string of the molecule is CC(C(=O)NO)N1CCC(NC(=O)COC(N)=O)(c2ccc(OCc3cc(Cl)nc(Cl)c3)cc2)C1=O. The Morgan fingerprint density at radius 2 is 1.86 bits per heavy atom. The number of hydrogen-bond acceptors (Lipinski definition) is 8. The smallest absolute Gasteiger partial charge is 0.405 e. The van der Waals surface area contributed by atoms with Crippen LogP contribution in [-0.2, 0) is 31.3 Å². The summed E-state index contributed by atoms with van der Waals surface area (Å²) >= 11 is 11.8. The van der Waals surface area contributed by atoms with E-state index in [1.165, 1.54) is 17.3 Å². The number of carbonyl (C=O) groups is 4. The van der Waals surface area contributed by atoms with Gasteiger partial charge < -0.3 is 25.4 Å². The van der Waals surface area contributed by atoms with Crippen LogP contribution in [0.2, 0.25) is 10.3 Å². The van der Waals surface area contributed by atoms with Crippen LogP contribution in [0.1, 0.15) is 24.5 Å². The van der Waals surface area contributed by atoms with Crippen LogP contribution in [0.4, 0.5) is 4.79 Å². The van der Waals surface area contributed by atoms with Gasteiger partial charge in [0.1, 0.15) is 34.2 Å². The lowest BCUT2D eigenvalue weighted by atomic mass is 9.88. The molecular formula is C22H23Cl2N5O7. The molecule has 0 spiro atoms. The van der Waals surface area contributed by atoms with Gasteiger partial charge in [0.15, 0.2) is 6.61 Å². The molecule has 0 aliphatic carbocycles. The first kappa shape index (κ1) is 27.0. The summed E-state index contributed by atoms with van der Waals surface area (Å²) in [7, 11) is 0. The second kappa shape index (κ2) is 11.4. The van der Waals surface area contributed by atoms with Gasteiger partial charge in [-0.05, 0) is 42.3 Å². The number of primary amides is 1. The van der Waals surface area contributed by atoms with E-state index in [0.29, 0.717) is 16.9 Å². The highest BCUT2D eigenvalue weighted by Crippen LogP contribution is 2.35. The summed E-state index contributed by atoms with van der Waals surface area (Å²) in [6, 6.07) is 8.60. The molecule has 1 fully saturated rings. The Hall–Kier alpha value is -3.61. The van der Waals surface area contributed by atoms with Crippen molar-refractivity contribution in [3.63, 3.8) is 0 Å². The number of nitrogens with two attached hydrogens (primary N) is 1. The minimum atomic E-state index is -1.56.